The first kappa shape index (κ1) is 35.6. The van der Waals surface area contributed by atoms with Gasteiger partial charge in [0.2, 0.25) is 0 Å². The number of nitrogens with zero attached hydrogens (tertiary/aromatic N) is 1. The second kappa shape index (κ2) is 13.5. The molecule has 1 spiro atoms. The molecule has 0 saturated heterocycles. The Morgan fingerprint density at radius 1 is 0.328 bits per heavy atom. The van der Waals surface area contributed by atoms with Crippen molar-refractivity contribution in [3.63, 3.8) is 0 Å². The van der Waals surface area contributed by atoms with Crippen molar-refractivity contribution >= 4 is 70.5 Å². The van der Waals surface area contributed by atoms with Crippen LogP contribution in [0.5, 0.6) is 0 Å². The number of hydrogen-bond acceptors (Lipinski definition) is 3. The Morgan fingerprint density at radius 3 is 1.64 bits per heavy atom. The zero-order chi connectivity index (χ0) is 41.9. The highest BCUT2D eigenvalue weighted by Gasteiger charge is 2.51. The number of thiophene rings is 1. The third kappa shape index (κ3) is 4.96. The third-order valence-electron chi connectivity index (χ3n) is 13.9. The predicted molar refractivity (Wildman–Crippen MR) is 268 cm³/mol. The van der Waals surface area contributed by atoms with Crippen LogP contribution in [0.3, 0.4) is 0 Å². The monoisotopic (exact) mass is 831 g/mol. The van der Waals surface area contributed by atoms with Gasteiger partial charge in [-0.3, -0.25) is 0 Å². The second-order valence-corrected chi connectivity index (χ2v) is 18.2. The Balaban J connectivity index is 0.944. The Labute approximate surface area is 374 Å². The largest absolute Gasteiger partial charge is 0.455 e. The summed E-state index contributed by atoms with van der Waals surface area (Å²) in [5.74, 6) is 0. The van der Waals surface area contributed by atoms with Gasteiger partial charge >= 0.3 is 0 Å². The lowest BCUT2D eigenvalue weighted by molar-refractivity contribution is 0.670. The first-order valence-corrected chi connectivity index (χ1v) is 22.8. The van der Waals surface area contributed by atoms with Crippen molar-refractivity contribution in [3.05, 3.63) is 247 Å². The average Bonchev–Trinajstić information content (AvgIpc) is 4.09. The highest BCUT2D eigenvalue weighted by Crippen LogP contribution is 2.63. The minimum Gasteiger partial charge on any atom is -0.455 e. The van der Waals surface area contributed by atoms with Gasteiger partial charge in [0.25, 0.3) is 0 Å². The van der Waals surface area contributed by atoms with Gasteiger partial charge in [-0.2, -0.15) is 0 Å². The van der Waals surface area contributed by atoms with Gasteiger partial charge in [-0.05, 0) is 122 Å². The van der Waals surface area contributed by atoms with Crippen LogP contribution in [0.2, 0.25) is 0 Å². The molecule has 2 aliphatic carbocycles. The number of rotatable bonds is 5. The zero-order valence-electron chi connectivity index (χ0n) is 34.6. The molecule has 0 amide bonds. The van der Waals surface area contributed by atoms with Crippen LogP contribution in [0.25, 0.3) is 86.6 Å². The number of para-hydroxylation sites is 1. The summed E-state index contributed by atoms with van der Waals surface area (Å²) in [6, 6.07) is 82.8. The van der Waals surface area contributed by atoms with Crippen molar-refractivity contribution in [2.45, 2.75) is 5.41 Å². The van der Waals surface area contributed by atoms with Crippen LogP contribution in [0.15, 0.2) is 229 Å². The van der Waals surface area contributed by atoms with Crippen LogP contribution in [0, 0.1) is 0 Å². The van der Waals surface area contributed by atoms with Crippen molar-refractivity contribution in [1.82, 2.24) is 0 Å². The maximum Gasteiger partial charge on any atom is 0.143 e. The van der Waals surface area contributed by atoms with E-state index in [0.717, 1.165) is 61.3 Å². The van der Waals surface area contributed by atoms with Gasteiger partial charge < -0.3 is 9.32 Å². The first-order chi connectivity index (χ1) is 31.7. The fraction of sp³-hybridized carbons (Fsp3) is 0.0164. The molecule has 0 fully saturated rings. The van der Waals surface area contributed by atoms with Crippen LogP contribution in [0.4, 0.5) is 17.1 Å². The van der Waals surface area contributed by atoms with Crippen LogP contribution >= 0.6 is 11.3 Å². The molecule has 2 nitrogen and oxygen atoms in total. The van der Waals surface area contributed by atoms with Crippen molar-refractivity contribution in [2.24, 2.45) is 0 Å². The number of furan rings is 1. The summed E-state index contributed by atoms with van der Waals surface area (Å²) in [6.07, 6.45) is 0. The molecule has 64 heavy (non-hydrogen) atoms. The normalized spacial score (nSPS) is 13.1. The number of benzene rings is 10. The molecule has 0 saturated carbocycles. The van der Waals surface area contributed by atoms with Gasteiger partial charge in [-0.1, -0.05) is 164 Å². The molecule has 12 aromatic rings. The summed E-state index contributed by atoms with van der Waals surface area (Å²) in [7, 11) is 0. The van der Waals surface area contributed by atoms with E-state index >= 15 is 0 Å². The molecule has 0 atom stereocenters. The smallest absolute Gasteiger partial charge is 0.143 e. The van der Waals surface area contributed by atoms with Gasteiger partial charge in [0, 0.05) is 53.6 Å². The lowest BCUT2D eigenvalue weighted by Gasteiger charge is -2.32. The molecule has 10 aromatic carbocycles. The van der Waals surface area contributed by atoms with Crippen molar-refractivity contribution in [2.75, 3.05) is 4.90 Å². The van der Waals surface area contributed by atoms with Gasteiger partial charge in [0.15, 0.2) is 0 Å². The quantitative estimate of drug-likeness (QED) is 0.172. The minimum atomic E-state index is -0.435. The summed E-state index contributed by atoms with van der Waals surface area (Å²) >= 11 is 1.86. The fourth-order valence-corrected chi connectivity index (χ4v) is 12.2. The first-order valence-electron chi connectivity index (χ1n) is 22.0. The highest BCUT2D eigenvalue weighted by atomic mass is 32.1. The summed E-state index contributed by atoms with van der Waals surface area (Å²) < 4.78 is 9.15. The maximum absolute atomic E-state index is 6.55. The zero-order valence-corrected chi connectivity index (χ0v) is 35.4. The van der Waals surface area contributed by atoms with Gasteiger partial charge in [0.1, 0.15) is 11.2 Å². The minimum absolute atomic E-state index is 0.435. The van der Waals surface area contributed by atoms with E-state index in [4.69, 9.17) is 4.42 Å². The Kier molecular flexibility index (Phi) is 7.51. The fourth-order valence-electron chi connectivity index (χ4n) is 11.1. The van der Waals surface area contributed by atoms with E-state index < -0.39 is 5.41 Å². The molecule has 298 valence electrons. The van der Waals surface area contributed by atoms with Crippen molar-refractivity contribution < 1.29 is 4.42 Å². The second-order valence-electron chi connectivity index (χ2n) is 17.1. The lowest BCUT2D eigenvalue weighted by Crippen LogP contribution is -2.26. The third-order valence-corrected chi connectivity index (χ3v) is 15.0. The molecule has 2 aromatic heterocycles. The van der Waals surface area contributed by atoms with Gasteiger partial charge in [-0.15, -0.1) is 11.3 Å². The average molecular weight is 832 g/mol. The molecular weight excluding hydrogens is 795 g/mol. The Bertz CT molecular complexity index is 3790. The standard InChI is InChI=1S/C61H37NOS/c1-2-13-39(14-3-1)44-19-12-20-50-51-35-40(27-33-57(51)63-60(44)50)38-25-28-41(29-26-38)62(42-31-34-59-52(36-42)49-18-7-11-24-58(49)64-59)43-30-32-48-47-17-6-10-23-55(47)61(56(48)37-43)53-21-8-4-15-45(53)46-16-5-9-22-54(46)61/h1-37H. The molecule has 14 rings (SSSR count). The summed E-state index contributed by atoms with van der Waals surface area (Å²) in [5.41, 5.74) is 19.9. The predicted octanol–water partition coefficient (Wildman–Crippen LogP) is 17.1. The summed E-state index contributed by atoms with van der Waals surface area (Å²) in [4.78, 5) is 2.46. The topological polar surface area (TPSA) is 16.4 Å². The van der Waals surface area contributed by atoms with E-state index in [9.17, 15) is 0 Å². The molecule has 0 unspecified atom stereocenters. The Hall–Kier alpha value is -7.98. The van der Waals surface area contributed by atoms with E-state index in [1.807, 2.05) is 11.3 Å². The van der Waals surface area contributed by atoms with Gasteiger partial charge in [-0.25, -0.2) is 0 Å². The molecule has 0 N–H and O–H groups in total. The lowest BCUT2D eigenvalue weighted by atomic mass is 9.70. The summed E-state index contributed by atoms with van der Waals surface area (Å²) in [5, 5.41) is 4.82. The van der Waals surface area contributed by atoms with Crippen molar-refractivity contribution in [3.8, 4) is 44.5 Å². The van der Waals surface area contributed by atoms with E-state index in [2.05, 4.69) is 229 Å². The molecule has 2 heterocycles. The number of anilines is 3. The molecule has 3 heteroatoms. The van der Waals surface area contributed by atoms with E-state index in [-0.39, 0.29) is 0 Å². The summed E-state index contributed by atoms with van der Waals surface area (Å²) in [6.45, 7) is 0. The van der Waals surface area contributed by atoms with E-state index in [1.165, 1.54) is 64.7 Å². The maximum atomic E-state index is 6.55. The van der Waals surface area contributed by atoms with Crippen LogP contribution in [0.1, 0.15) is 22.3 Å². The van der Waals surface area contributed by atoms with Crippen LogP contribution < -0.4 is 4.90 Å². The van der Waals surface area contributed by atoms with Crippen LogP contribution in [-0.2, 0) is 5.41 Å². The number of fused-ring (bicyclic) bond motifs is 16. The molecule has 0 aliphatic heterocycles. The SMILES string of the molecule is c1ccc(-c2cccc3c2oc2ccc(-c4ccc(N(c5ccc6c(c5)C5(c7ccccc7-c7ccccc75)c5ccccc5-6)c5ccc6sc7ccccc7c6c5)cc4)cc23)cc1. The van der Waals surface area contributed by atoms with Gasteiger partial charge in [0.05, 0.1) is 5.41 Å². The van der Waals surface area contributed by atoms with Crippen molar-refractivity contribution in [1.29, 1.82) is 0 Å². The molecule has 0 radical (unpaired) electrons. The number of hydrogen-bond donors (Lipinski definition) is 0. The van der Waals surface area contributed by atoms with Crippen LogP contribution in [-0.4, -0.2) is 0 Å². The van der Waals surface area contributed by atoms with E-state index in [1.54, 1.807) is 0 Å². The highest BCUT2D eigenvalue weighted by molar-refractivity contribution is 7.25. The molecule has 2 aliphatic rings. The molecular formula is C61H37NOS. The van der Waals surface area contributed by atoms with E-state index in [0.29, 0.717) is 0 Å². The Morgan fingerprint density at radius 2 is 0.891 bits per heavy atom. The molecule has 0 bridgehead atoms.